The molecule has 0 fully saturated rings. The monoisotopic (exact) mass is 439 g/mol. The molecule has 0 aliphatic carbocycles. The SMILES string of the molecule is COC(CCC(C)(C)CCOCC(C)OC(=O)Nc1ccc(C(C)C)cc1)(OC)OC. The summed E-state index contributed by atoms with van der Waals surface area (Å²) in [6, 6.07) is 7.77. The average Bonchev–Trinajstić information content (AvgIpc) is 2.73. The van der Waals surface area contributed by atoms with Gasteiger partial charge in [0.05, 0.1) is 6.61 Å². The molecule has 0 aliphatic heterocycles. The molecule has 178 valence electrons. The van der Waals surface area contributed by atoms with Crippen LogP contribution in [-0.2, 0) is 23.7 Å². The summed E-state index contributed by atoms with van der Waals surface area (Å²) in [5.74, 6) is -0.561. The smallest absolute Gasteiger partial charge is 0.411 e. The molecule has 1 rings (SSSR count). The van der Waals surface area contributed by atoms with E-state index in [4.69, 9.17) is 23.7 Å². The minimum atomic E-state index is -1.01. The summed E-state index contributed by atoms with van der Waals surface area (Å²) in [7, 11) is 4.71. The lowest BCUT2D eigenvalue weighted by Gasteiger charge is -2.33. The first kappa shape index (κ1) is 27.4. The first-order valence-electron chi connectivity index (χ1n) is 10.9. The van der Waals surface area contributed by atoms with Crippen LogP contribution >= 0.6 is 0 Å². The molecule has 1 unspecified atom stereocenters. The summed E-state index contributed by atoms with van der Waals surface area (Å²) in [5.41, 5.74) is 1.95. The lowest BCUT2D eigenvalue weighted by molar-refractivity contribution is -0.356. The highest BCUT2D eigenvalue weighted by molar-refractivity contribution is 5.84. The summed E-state index contributed by atoms with van der Waals surface area (Å²) in [6.45, 7) is 11.3. The fraction of sp³-hybridized carbons (Fsp3) is 0.708. The molecular formula is C24H41NO6. The van der Waals surface area contributed by atoms with E-state index in [0.717, 1.165) is 12.8 Å². The van der Waals surface area contributed by atoms with E-state index in [2.05, 4.69) is 33.0 Å². The number of amides is 1. The molecule has 0 heterocycles. The summed E-state index contributed by atoms with van der Waals surface area (Å²) >= 11 is 0. The van der Waals surface area contributed by atoms with Crippen LogP contribution in [0.3, 0.4) is 0 Å². The van der Waals surface area contributed by atoms with Gasteiger partial charge in [-0.25, -0.2) is 4.79 Å². The Morgan fingerprint density at radius 3 is 2.03 bits per heavy atom. The van der Waals surface area contributed by atoms with E-state index in [-0.39, 0.29) is 11.5 Å². The molecule has 7 nitrogen and oxygen atoms in total. The van der Waals surface area contributed by atoms with Gasteiger partial charge in [0, 0.05) is 40.0 Å². The molecule has 1 aromatic carbocycles. The summed E-state index contributed by atoms with van der Waals surface area (Å²) in [5, 5.41) is 2.75. The van der Waals surface area contributed by atoms with Crippen LogP contribution in [0.25, 0.3) is 0 Å². The van der Waals surface area contributed by atoms with Crippen molar-refractivity contribution in [3.8, 4) is 0 Å². The predicted molar refractivity (Wildman–Crippen MR) is 122 cm³/mol. The molecular weight excluding hydrogens is 398 g/mol. The van der Waals surface area contributed by atoms with E-state index < -0.39 is 12.1 Å². The van der Waals surface area contributed by atoms with Crippen molar-refractivity contribution < 1.29 is 28.5 Å². The van der Waals surface area contributed by atoms with Crippen molar-refractivity contribution in [1.29, 1.82) is 0 Å². The number of rotatable bonds is 14. The van der Waals surface area contributed by atoms with Crippen molar-refractivity contribution in [2.75, 3.05) is 39.9 Å². The van der Waals surface area contributed by atoms with Gasteiger partial charge in [-0.2, -0.15) is 0 Å². The Hall–Kier alpha value is -1.67. The van der Waals surface area contributed by atoms with Crippen LogP contribution in [0, 0.1) is 5.41 Å². The van der Waals surface area contributed by atoms with Crippen LogP contribution in [0.4, 0.5) is 10.5 Å². The fourth-order valence-electron chi connectivity index (χ4n) is 3.09. The Morgan fingerprint density at radius 2 is 1.52 bits per heavy atom. The second-order valence-electron chi connectivity index (χ2n) is 8.90. The maximum Gasteiger partial charge on any atom is 0.411 e. The zero-order chi connectivity index (χ0) is 23.5. The predicted octanol–water partition coefficient (Wildman–Crippen LogP) is 5.55. The third-order valence-corrected chi connectivity index (χ3v) is 5.45. The van der Waals surface area contributed by atoms with Gasteiger partial charge in [-0.3, -0.25) is 5.32 Å². The van der Waals surface area contributed by atoms with Crippen LogP contribution in [0.2, 0.25) is 0 Å². The lowest BCUT2D eigenvalue weighted by Crippen LogP contribution is -2.37. The van der Waals surface area contributed by atoms with E-state index in [9.17, 15) is 4.79 Å². The highest BCUT2D eigenvalue weighted by Gasteiger charge is 2.32. The molecule has 0 aliphatic rings. The largest absolute Gasteiger partial charge is 0.444 e. The van der Waals surface area contributed by atoms with Crippen molar-refractivity contribution in [2.45, 2.75) is 71.9 Å². The van der Waals surface area contributed by atoms with E-state index >= 15 is 0 Å². The van der Waals surface area contributed by atoms with Crippen LogP contribution in [0.5, 0.6) is 0 Å². The van der Waals surface area contributed by atoms with Crippen LogP contribution in [0.1, 0.15) is 65.4 Å². The number of ether oxygens (including phenoxy) is 5. The van der Waals surface area contributed by atoms with Crippen molar-refractivity contribution in [3.05, 3.63) is 29.8 Å². The van der Waals surface area contributed by atoms with E-state index in [1.807, 2.05) is 31.2 Å². The Morgan fingerprint density at radius 1 is 0.935 bits per heavy atom. The van der Waals surface area contributed by atoms with Crippen LogP contribution in [0.15, 0.2) is 24.3 Å². The first-order valence-corrected chi connectivity index (χ1v) is 10.9. The summed E-state index contributed by atoms with van der Waals surface area (Å²) in [4.78, 5) is 12.1. The number of methoxy groups -OCH3 is 3. The maximum absolute atomic E-state index is 12.1. The minimum absolute atomic E-state index is 0.0183. The molecule has 0 radical (unpaired) electrons. The number of carbonyl (C=O) groups is 1. The van der Waals surface area contributed by atoms with Gasteiger partial charge in [-0.15, -0.1) is 0 Å². The second kappa shape index (κ2) is 13.0. The topological polar surface area (TPSA) is 75.3 Å². The van der Waals surface area contributed by atoms with Crippen molar-refractivity contribution >= 4 is 11.8 Å². The van der Waals surface area contributed by atoms with Gasteiger partial charge in [0.25, 0.3) is 5.97 Å². The molecule has 0 bridgehead atoms. The highest BCUT2D eigenvalue weighted by Crippen LogP contribution is 2.31. The zero-order valence-corrected chi connectivity index (χ0v) is 20.4. The quantitative estimate of drug-likeness (QED) is 0.302. The van der Waals surface area contributed by atoms with Gasteiger partial charge < -0.3 is 23.7 Å². The normalized spacial score (nSPS) is 13.3. The molecule has 31 heavy (non-hydrogen) atoms. The Labute approximate surface area is 187 Å². The molecule has 1 N–H and O–H groups in total. The summed E-state index contributed by atoms with van der Waals surface area (Å²) < 4.78 is 27.2. The lowest BCUT2D eigenvalue weighted by atomic mass is 9.84. The third-order valence-electron chi connectivity index (χ3n) is 5.45. The number of nitrogens with one attached hydrogen (secondary N) is 1. The second-order valence-corrected chi connectivity index (χ2v) is 8.90. The summed E-state index contributed by atoms with van der Waals surface area (Å²) in [6.07, 6.45) is 1.48. The number of hydrogen-bond acceptors (Lipinski definition) is 6. The molecule has 1 atom stereocenters. The van der Waals surface area contributed by atoms with Gasteiger partial charge in [0.1, 0.15) is 6.10 Å². The molecule has 0 spiro atoms. The number of benzene rings is 1. The molecule has 1 amide bonds. The molecule has 0 saturated carbocycles. The van der Waals surface area contributed by atoms with Gasteiger partial charge in [0.15, 0.2) is 0 Å². The molecule has 7 heteroatoms. The standard InChI is InChI=1S/C24H41NO6/c1-18(2)20-9-11-21(12-10-20)25-22(26)31-19(3)17-30-16-15-23(4,5)13-14-24(27-6,28-7)29-8/h9-12,18-19H,13-17H2,1-8H3,(H,25,26). The molecule has 0 aromatic heterocycles. The van der Waals surface area contributed by atoms with Gasteiger partial charge in [-0.05, 0) is 48.8 Å². The number of anilines is 1. The van der Waals surface area contributed by atoms with E-state index in [1.54, 1.807) is 21.3 Å². The maximum atomic E-state index is 12.1. The van der Waals surface area contributed by atoms with E-state index in [0.29, 0.717) is 31.2 Å². The fourth-order valence-corrected chi connectivity index (χ4v) is 3.09. The average molecular weight is 440 g/mol. The van der Waals surface area contributed by atoms with Crippen molar-refractivity contribution in [2.24, 2.45) is 5.41 Å². The first-order chi connectivity index (χ1) is 14.6. The Balaban J connectivity index is 2.31. The van der Waals surface area contributed by atoms with Crippen LogP contribution in [-0.4, -0.2) is 52.7 Å². The van der Waals surface area contributed by atoms with Crippen molar-refractivity contribution in [3.63, 3.8) is 0 Å². The molecule has 0 saturated heterocycles. The van der Waals surface area contributed by atoms with Crippen molar-refractivity contribution in [1.82, 2.24) is 0 Å². The minimum Gasteiger partial charge on any atom is -0.444 e. The Bertz CT molecular complexity index is 632. The van der Waals surface area contributed by atoms with Crippen LogP contribution < -0.4 is 5.32 Å². The molecule has 1 aromatic rings. The van der Waals surface area contributed by atoms with Gasteiger partial charge in [-0.1, -0.05) is 39.8 Å². The highest BCUT2D eigenvalue weighted by atomic mass is 16.9. The third kappa shape index (κ3) is 9.99. The van der Waals surface area contributed by atoms with E-state index in [1.165, 1.54) is 5.56 Å². The zero-order valence-electron chi connectivity index (χ0n) is 20.4. The van der Waals surface area contributed by atoms with Gasteiger partial charge in [0.2, 0.25) is 0 Å². The number of carbonyl (C=O) groups excluding carboxylic acids is 1. The Kier molecular flexibility index (Phi) is 11.5. The van der Waals surface area contributed by atoms with Gasteiger partial charge >= 0.3 is 6.09 Å². The number of hydrogen-bond donors (Lipinski definition) is 1.